The first-order valence-electron chi connectivity index (χ1n) is 9.80. The highest BCUT2D eigenvalue weighted by Crippen LogP contribution is 2.39. The molecule has 0 bridgehead atoms. The van der Waals surface area contributed by atoms with E-state index in [1.165, 1.54) is 30.4 Å². The number of alkyl halides is 1. The lowest BCUT2D eigenvalue weighted by Crippen LogP contribution is -2.20. The highest BCUT2D eigenvalue weighted by molar-refractivity contribution is 6.18. The van der Waals surface area contributed by atoms with Crippen LogP contribution in [-0.2, 0) is 6.42 Å². The van der Waals surface area contributed by atoms with Gasteiger partial charge in [0.1, 0.15) is 5.75 Å². The molecule has 0 aliphatic carbocycles. The summed E-state index contributed by atoms with van der Waals surface area (Å²) >= 11 is 5.84. The van der Waals surface area contributed by atoms with Gasteiger partial charge in [-0.2, -0.15) is 0 Å². The van der Waals surface area contributed by atoms with Gasteiger partial charge in [-0.25, -0.2) is 0 Å². The van der Waals surface area contributed by atoms with E-state index in [0.29, 0.717) is 11.3 Å². The van der Waals surface area contributed by atoms with Gasteiger partial charge < -0.3 is 4.74 Å². The highest BCUT2D eigenvalue weighted by atomic mass is 35.5. The summed E-state index contributed by atoms with van der Waals surface area (Å²) in [7, 11) is 1.71. The van der Waals surface area contributed by atoms with E-state index >= 15 is 0 Å². The lowest BCUT2D eigenvalue weighted by molar-refractivity contribution is 0.252. The molecule has 1 nitrogen and oxygen atoms in total. The quantitative estimate of drug-likeness (QED) is 0.285. The molecule has 0 N–H and O–H groups in total. The number of benzene rings is 1. The molecule has 0 aliphatic heterocycles. The Morgan fingerprint density at radius 2 is 1.69 bits per heavy atom. The van der Waals surface area contributed by atoms with E-state index in [1.54, 1.807) is 7.11 Å². The smallest absolute Gasteiger partial charge is 0.118 e. The van der Waals surface area contributed by atoms with Gasteiger partial charge in [0.05, 0.1) is 7.11 Å². The van der Waals surface area contributed by atoms with E-state index in [2.05, 4.69) is 77.1 Å². The van der Waals surface area contributed by atoms with Crippen LogP contribution < -0.4 is 4.74 Å². The summed E-state index contributed by atoms with van der Waals surface area (Å²) < 4.78 is 5.24. The van der Waals surface area contributed by atoms with Gasteiger partial charge in [0.15, 0.2) is 0 Å². The Kier molecular flexibility index (Phi) is 9.50. The Hall–Kier alpha value is -1.21. The van der Waals surface area contributed by atoms with Gasteiger partial charge in [-0.3, -0.25) is 0 Å². The van der Waals surface area contributed by atoms with Crippen LogP contribution in [0.3, 0.4) is 0 Å². The summed E-state index contributed by atoms with van der Waals surface area (Å²) in [5.41, 5.74) is 3.29. The first kappa shape index (κ1) is 22.8. The molecule has 0 unspecified atom stereocenters. The van der Waals surface area contributed by atoms with Crippen LogP contribution in [0.15, 0.2) is 48.1 Å². The fourth-order valence-corrected chi connectivity index (χ4v) is 3.25. The van der Waals surface area contributed by atoms with Gasteiger partial charge in [0.2, 0.25) is 0 Å². The van der Waals surface area contributed by atoms with Crippen molar-refractivity contribution in [3.8, 4) is 5.75 Å². The predicted molar refractivity (Wildman–Crippen MR) is 116 cm³/mol. The molecule has 0 heterocycles. The molecule has 146 valence electrons. The molecular formula is C24H37ClO. The molecule has 0 atom stereocenters. The molecule has 0 saturated heterocycles. The third-order valence-electron chi connectivity index (χ3n) is 5.27. The van der Waals surface area contributed by atoms with Gasteiger partial charge in [-0.1, -0.05) is 65.0 Å². The van der Waals surface area contributed by atoms with Gasteiger partial charge in [-0.05, 0) is 66.2 Å². The van der Waals surface area contributed by atoms with Crippen molar-refractivity contribution in [3.05, 3.63) is 53.6 Å². The maximum Gasteiger partial charge on any atom is 0.118 e. The summed E-state index contributed by atoms with van der Waals surface area (Å²) in [4.78, 5) is 0. The molecule has 0 fully saturated rings. The first-order chi connectivity index (χ1) is 12.2. The summed E-state index contributed by atoms with van der Waals surface area (Å²) in [6.07, 6.45) is 12.4. The molecule has 0 amide bonds. The number of hydrogen-bond acceptors (Lipinski definition) is 1. The van der Waals surface area contributed by atoms with Crippen molar-refractivity contribution in [2.75, 3.05) is 13.0 Å². The molecule has 1 aromatic rings. The van der Waals surface area contributed by atoms with Crippen molar-refractivity contribution in [1.29, 1.82) is 0 Å². The molecular weight excluding hydrogens is 340 g/mol. The highest BCUT2D eigenvalue weighted by Gasteiger charge is 2.26. The molecule has 2 heteroatoms. The Bertz CT molecular complexity index is 579. The fraction of sp³-hybridized carbons (Fsp3) is 0.583. The van der Waals surface area contributed by atoms with Crippen molar-refractivity contribution in [2.45, 2.75) is 66.7 Å². The number of allylic oxidation sites excluding steroid dienone is 4. The standard InChI is InChI=1S/C24H37ClO/c1-7-9-21(10-8-19-25)24(4,5)18-17-23(2,3)16-15-20-11-13-22(26-6)14-12-20/h8-14H,7,15-19H2,1-6H3/b10-8-,21-9+. The van der Waals surface area contributed by atoms with Crippen molar-refractivity contribution in [2.24, 2.45) is 10.8 Å². The topological polar surface area (TPSA) is 9.23 Å². The third kappa shape index (κ3) is 7.99. The van der Waals surface area contributed by atoms with Crippen LogP contribution in [0.4, 0.5) is 0 Å². The Labute approximate surface area is 166 Å². The number of hydrogen-bond donors (Lipinski definition) is 0. The molecule has 0 radical (unpaired) electrons. The zero-order valence-corrected chi connectivity index (χ0v) is 18.3. The molecule has 0 aromatic heterocycles. The van der Waals surface area contributed by atoms with Crippen LogP contribution in [0.5, 0.6) is 5.75 Å². The van der Waals surface area contributed by atoms with E-state index in [9.17, 15) is 0 Å². The third-order valence-corrected chi connectivity index (χ3v) is 5.45. The van der Waals surface area contributed by atoms with Crippen LogP contribution >= 0.6 is 11.6 Å². The number of halogens is 1. The van der Waals surface area contributed by atoms with Gasteiger partial charge in [-0.15, -0.1) is 11.6 Å². The monoisotopic (exact) mass is 376 g/mol. The minimum atomic E-state index is 0.177. The largest absolute Gasteiger partial charge is 0.497 e. The summed E-state index contributed by atoms with van der Waals surface area (Å²) in [5.74, 6) is 1.50. The van der Waals surface area contributed by atoms with E-state index in [1.807, 2.05) is 0 Å². The van der Waals surface area contributed by atoms with E-state index in [4.69, 9.17) is 16.3 Å². The Morgan fingerprint density at radius 3 is 2.23 bits per heavy atom. The number of aryl methyl sites for hydroxylation is 1. The van der Waals surface area contributed by atoms with E-state index < -0.39 is 0 Å². The van der Waals surface area contributed by atoms with Crippen molar-refractivity contribution in [3.63, 3.8) is 0 Å². The van der Waals surface area contributed by atoms with Gasteiger partial charge >= 0.3 is 0 Å². The average molecular weight is 377 g/mol. The second kappa shape index (κ2) is 10.8. The van der Waals surface area contributed by atoms with Crippen LogP contribution in [-0.4, -0.2) is 13.0 Å². The number of rotatable bonds is 11. The lowest BCUT2D eigenvalue weighted by atomic mass is 9.73. The minimum absolute atomic E-state index is 0.177. The van der Waals surface area contributed by atoms with E-state index in [-0.39, 0.29) is 5.41 Å². The Morgan fingerprint density at radius 1 is 1.04 bits per heavy atom. The normalized spacial score (nSPS) is 13.4. The molecule has 1 rings (SSSR count). The van der Waals surface area contributed by atoms with Gasteiger partial charge in [0, 0.05) is 5.88 Å². The first-order valence-corrected chi connectivity index (χ1v) is 10.3. The molecule has 26 heavy (non-hydrogen) atoms. The van der Waals surface area contributed by atoms with Gasteiger partial charge in [0.25, 0.3) is 0 Å². The summed E-state index contributed by atoms with van der Waals surface area (Å²) in [6.45, 7) is 11.7. The maximum atomic E-state index is 5.84. The zero-order chi connectivity index (χ0) is 19.6. The average Bonchev–Trinajstić information content (AvgIpc) is 2.62. The second-order valence-corrected chi connectivity index (χ2v) is 8.83. The number of ether oxygens (including phenoxy) is 1. The molecule has 0 aliphatic rings. The van der Waals surface area contributed by atoms with Crippen molar-refractivity contribution < 1.29 is 4.74 Å². The lowest BCUT2D eigenvalue weighted by Gasteiger charge is -2.32. The predicted octanol–water partition coefficient (Wildman–Crippen LogP) is 7.59. The number of methoxy groups -OCH3 is 1. The van der Waals surface area contributed by atoms with E-state index in [0.717, 1.165) is 18.6 Å². The van der Waals surface area contributed by atoms with Crippen LogP contribution in [0.1, 0.15) is 65.9 Å². The van der Waals surface area contributed by atoms with Crippen molar-refractivity contribution in [1.82, 2.24) is 0 Å². The second-order valence-electron chi connectivity index (χ2n) is 8.52. The summed E-state index contributed by atoms with van der Waals surface area (Å²) in [5, 5.41) is 0. The van der Waals surface area contributed by atoms with Crippen LogP contribution in [0, 0.1) is 10.8 Å². The molecule has 1 aromatic carbocycles. The fourth-order valence-electron chi connectivity index (χ4n) is 3.16. The minimum Gasteiger partial charge on any atom is -0.497 e. The zero-order valence-electron chi connectivity index (χ0n) is 17.6. The summed E-state index contributed by atoms with van der Waals surface area (Å²) in [6, 6.07) is 8.46. The van der Waals surface area contributed by atoms with Crippen LogP contribution in [0.25, 0.3) is 0 Å². The SMILES string of the molecule is CC/C=C(\C=C/CCl)C(C)(C)CCC(C)(C)CCc1ccc(OC)cc1. The molecule has 0 spiro atoms. The Balaban J connectivity index is 2.63. The molecule has 0 saturated carbocycles. The van der Waals surface area contributed by atoms with Crippen LogP contribution in [0.2, 0.25) is 0 Å². The van der Waals surface area contributed by atoms with Crippen molar-refractivity contribution >= 4 is 11.6 Å². The maximum absolute atomic E-state index is 5.84.